The van der Waals surface area contributed by atoms with Gasteiger partial charge in [0.2, 0.25) is 0 Å². The number of carbonyl (C=O) groups excluding carboxylic acids is 1. The Morgan fingerprint density at radius 2 is 2.33 bits per heavy atom. The van der Waals surface area contributed by atoms with Crippen molar-refractivity contribution in [3.05, 3.63) is 56.8 Å². The Hall–Kier alpha value is -2.74. The van der Waals surface area contributed by atoms with Gasteiger partial charge in [-0.05, 0) is 18.4 Å². The van der Waals surface area contributed by atoms with E-state index >= 15 is 0 Å². The minimum Gasteiger partial charge on any atom is -0.360 e. The maximum atomic E-state index is 13.0. The first-order chi connectivity index (χ1) is 11.6. The van der Waals surface area contributed by atoms with E-state index in [1.807, 2.05) is 17.5 Å². The van der Waals surface area contributed by atoms with Crippen molar-refractivity contribution in [2.75, 3.05) is 6.54 Å². The molecule has 0 unspecified atom stereocenters. The quantitative estimate of drug-likeness (QED) is 0.769. The topological polar surface area (TPSA) is 92.1 Å². The Morgan fingerprint density at radius 3 is 3.12 bits per heavy atom. The summed E-state index contributed by atoms with van der Waals surface area (Å²) in [5, 5.41) is 5.97. The molecule has 24 heavy (non-hydrogen) atoms. The maximum absolute atomic E-state index is 13.0. The molecular formula is C16H14N4O3S. The fourth-order valence-electron chi connectivity index (χ4n) is 2.89. The molecule has 0 saturated carbocycles. The van der Waals surface area contributed by atoms with E-state index in [0.717, 1.165) is 10.6 Å². The Bertz CT molecular complexity index is 958. The summed E-state index contributed by atoms with van der Waals surface area (Å²) in [4.78, 5) is 34.3. The van der Waals surface area contributed by atoms with Gasteiger partial charge in [-0.3, -0.25) is 9.59 Å². The Labute approximate surface area is 140 Å². The molecule has 0 bridgehead atoms. The zero-order valence-corrected chi connectivity index (χ0v) is 13.7. The highest BCUT2D eigenvalue weighted by atomic mass is 32.1. The van der Waals surface area contributed by atoms with Crippen LogP contribution in [0.3, 0.4) is 0 Å². The average molecular weight is 342 g/mol. The second-order valence-corrected chi connectivity index (χ2v) is 6.52. The van der Waals surface area contributed by atoms with Crippen LogP contribution < -0.4 is 5.56 Å². The van der Waals surface area contributed by atoms with Crippen molar-refractivity contribution in [2.24, 2.45) is 0 Å². The number of fused-ring (bicyclic) bond motifs is 1. The number of H-pyrrole nitrogens is 1. The van der Waals surface area contributed by atoms with E-state index in [0.29, 0.717) is 35.5 Å². The van der Waals surface area contributed by atoms with Gasteiger partial charge in [0.15, 0.2) is 0 Å². The van der Waals surface area contributed by atoms with E-state index in [4.69, 9.17) is 4.52 Å². The molecule has 0 fully saturated rings. The van der Waals surface area contributed by atoms with Crippen LogP contribution in [-0.2, 0) is 13.0 Å². The first kappa shape index (κ1) is 14.8. The fourth-order valence-corrected chi connectivity index (χ4v) is 3.60. The van der Waals surface area contributed by atoms with Gasteiger partial charge in [0, 0.05) is 13.0 Å². The zero-order valence-electron chi connectivity index (χ0n) is 12.9. The lowest BCUT2D eigenvalue weighted by Gasteiger charge is -2.27. The first-order valence-electron chi connectivity index (χ1n) is 7.50. The zero-order chi connectivity index (χ0) is 16.7. The fraction of sp³-hybridized carbons (Fsp3) is 0.250. The van der Waals surface area contributed by atoms with Gasteiger partial charge in [0.1, 0.15) is 17.0 Å². The van der Waals surface area contributed by atoms with Crippen LogP contribution in [0.4, 0.5) is 0 Å². The summed E-state index contributed by atoms with van der Waals surface area (Å²) < 4.78 is 5.25. The highest BCUT2D eigenvalue weighted by Crippen LogP contribution is 2.30. The van der Waals surface area contributed by atoms with Crippen molar-refractivity contribution in [3.8, 4) is 10.6 Å². The largest absolute Gasteiger partial charge is 0.360 e. The number of aryl methyl sites for hydroxylation is 1. The molecule has 8 heteroatoms. The monoisotopic (exact) mass is 342 g/mol. The van der Waals surface area contributed by atoms with Crippen LogP contribution in [0, 0.1) is 6.92 Å². The van der Waals surface area contributed by atoms with Gasteiger partial charge in [-0.15, -0.1) is 11.3 Å². The van der Waals surface area contributed by atoms with Crippen molar-refractivity contribution in [1.82, 2.24) is 20.0 Å². The number of hydrogen-bond acceptors (Lipinski definition) is 6. The molecule has 1 aliphatic rings. The Kier molecular flexibility index (Phi) is 3.53. The summed E-state index contributed by atoms with van der Waals surface area (Å²) >= 11 is 1.50. The Morgan fingerprint density at radius 1 is 1.46 bits per heavy atom. The predicted octanol–water partition coefficient (Wildman–Crippen LogP) is 1.99. The molecule has 0 saturated heterocycles. The van der Waals surface area contributed by atoms with Crippen molar-refractivity contribution in [3.63, 3.8) is 0 Å². The van der Waals surface area contributed by atoms with Gasteiger partial charge in [-0.2, -0.15) is 0 Å². The number of thiophene rings is 1. The molecule has 4 heterocycles. The minimum absolute atomic E-state index is 0.175. The summed E-state index contributed by atoms with van der Waals surface area (Å²) in [5.74, 6) is 0.306. The SMILES string of the molecule is Cc1onc(-c2cccs2)c1C(=O)N1CCc2nc[nH]c(=O)c2C1. The average Bonchev–Trinajstić information content (AvgIpc) is 3.23. The van der Waals surface area contributed by atoms with Crippen LogP contribution in [-0.4, -0.2) is 32.5 Å². The van der Waals surface area contributed by atoms with Crippen LogP contribution in [0.25, 0.3) is 10.6 Å². The van der Waals surface area contributed by atoms with Gasteiger partial charge < -0.3 is 14.4 Å². The third-order valence-electron chi connectivity index (χ3n) is 4.12. The van der Waals surface area contributed by atoms with E-state index < -0.39 is 0 Å². The van der Waals surface area contributed by atoms with Crippen molar-refractivity contribution < 1.29 is 9.32 Å². The molecule has 122 valence electrons. The van der Waals surface area contributed by atoms with Crippen LogP contribution in [0.1, 0.15) is 27.4 Å². The number of nitrogens with one attached hydrogen (secondary N) is 1. The molecule has 0 spiro atoms. The molecule has 1 amide bonds. The lowest BCUT2D eigenvalue weighted by molar-refractivity contribution is 0.0731. The van der Waals surface area contributed by atoms with Crippen LogP contribution in [0.2, 0.25) is 0 Å². The summed E-state index contributed by atoms with van der Waals surface area (Å²) in [7, 11) is 0. The van der Waals surface area contributed by atoms with E-state index in [1.165, 1.54) is 17.7 Å². The summed E-state index contributed by atoms with van der Waals surface area (Å²) in [5.41, 5.74) is 2.12. The van der Waals surface area contributed by atoms with Crippen LogP contribution in [0.5, 0.6) is 0 Å². The number of aromatic amines is 1. The lowest BCUT2D eigenvalue weighted by Crippen LogP contribution is -2.39. The number of rotatable bonds is 2. The van der Waals surface area contributed by atoms with Crippen molar-refractivity contribution >= 4 is 17.2 Å². The number of hydrogen-bond donors (Lipinski definition) is 1. The number of aromatic nitrogens is 3. The molecule has 4 rings (SSSR count). The molecule has 7 nitrogen and oxygen atoms in total. The van der Waals surface area contributed by atoms with Gasteiger partial charge in [-0.25, -0.2) is 4.98 Å². The molecule has 1 N–H and O–H groups in total. The third-order valence-corrected chi connectivity index (χ3v) is 5.00. The highest BCUT2D eigenvalue weighted by Gasteiger charge is 2.30. The van der Waals surface area contributed by atoms with E-state index in [9.17, 15) is 9.59 Å². The second kappa shape index (κ2) is 5.72. The van der Waals surface area contributed by atoms with E-state index in [1.54, 1.807) is 11.8 Å². The third kappa shape index (κ3) is 2.35. The number of amides is 1. The van der Waals surface area contributed by atoms with Crippen molar-refractivity contribution in [1.29, 1.82) is 0 Å². The molecule has 0 aromatic carbocycles. The van der Waals surface area contributed by atoms with Gasteiger partial charge >= 0.3 is 0 Å². The van der Waals surface area contributed by atoms with Crippen LogP contribution in [0.15, 0.2) is 33.2 Å². The van der Waals surface area contributed by atoms with Gasteiger partial charge in [-0.1, -0.05) is 11.2 Å². The van der Waals surface area contributed by atoms with E-state index in [-0.39, 0.29) is 18.0 Å². The molecular weight excluding hydrogens is 328 g/mol. The smallest absolute Gasteiger partial charge is 0.260 e. The van der Waals surface area contributed by atoms with Crippen LogP contribution >= 0.6 is 11.3 Å². The van der Waals surface area contributed by atoms with Gasteiger partial charge in [0.25, 0.3) is 11.5 Å². The minimum atomic E-state index is -0.196. The number of carbonyl (C=O) groups is 1. The molecule has 0 atom stereocenters. The predicted molar refractivity (Wildman–Crippen MR) is 87.9 cm³/mol. The van der Waals surface area contributed by atoms with E-state index in [2.05, 4.69) is 15.1 Å². The second-order valence-electron chi connectivity index (χ2n) is 5.57. The number of nitrogens with zero attached hydrogens (tertiary/aromatic N) is 3. The highest BCUT2D eigenvalue weighted by molar-refractivity contribution is 7.13. The standard InChI is InChI=1S/C16H14N4O3S/c1-9-13(14(19-23-9)12-3-2-6-24-12)16(22)20-5-4-11-10(7-20)15(21)18-8-17-11/h2-3,6,8H,4-5,7H2,1H3,(H,17,18,21). The summed E-state index contributed by atoms with van der Waals surface area (Å²) in [6, 6.07) is 3.81. The molecule has 3 aromatic rings. The maximum Gasteiger partial charge on any atom is 0.260 e. The Balaban J connectivity index is 1.70. The molecule has 0 aliphatic carbocycles. The molecule has 0 radical (unpaired) electrons. The van der Waals surface area contributed by atoms with Gasteiger partial charge in [0.05, 0.1) is 29.0 Å². The first-order valence-corrected chi connectivity index (χ1v) is 8.38. The summed E-state index contributed by atoms with van der Waals surface area (Å²) in [6.07, 6.45) is 1.96. The molecule has 3 aromatic heterocycles. The molecule has 1 aliphatic heterocycles. The lowest BCUT2D eigenvalue weighted by atomic mass is 10.0. The normalized spacial score (nSPS) is 13.8. The summed E-state index contributed by atoms with van der Waals surface area (Å²) in [6.45, 7) is 2.48. The van der Waals surface area contributed by atoms with Crippen molar-refractivity contribution in [2.45, 2.75) is 19.9 Å².